The third kappa shape index (κ3) is 4.15. The molecule has 0 spiro atoms. The SMILES string of the molecule is c1ccc(C(Cc2ccncc2)CC2CCNCC2)cc1. The molecule has 0 saturated carbocycles. The monoisotopic (exact) mass is 280 g/mol. The van der Waals surface area contributed by atoms with Crippen LogP contribution in [0.25, 0.3) is 0 Å². The maximum Gasteiger partial charge on any atom is 0.0270 e. The Hall–Kier alpha value is -1.67. The van der Waals surface area contributed by atoms with Crippen molar-refractivity contribution >= 4 is 0 Å². The lowest BCUT2D eigenvalue weighted by atomic mass is 9.81. The van der Waals surface area contributed by atoms with Crippen molar-refractivity contribution in [1.29, 1.82) is 0 Å². The van der Waals surface area contributed by atoms with E-state index in [4.69, 9.17) is 0 Å². The molecule has 1 aromatic heterocycles. The number of rotatable bonds is 5. The summed E-state index contributed by atoms with van der Waals surface area (Å²) >= 11 is 0. The number of nitrogens with one attached hydrogen (secondary N) is 1. The van der Waals surface area contributed by atoms with Crippen LogP contribution in [0.2, 0.25) is 0 Å². The van der Waals surface area contributed by atoms with E-state index in [1.54, 1.807) is 0 Å². The zero-order chi connectivity index (χ0) is 14.3. The lowest BCUT2D eigenvalue weighted by molar-refractivity contribution is 0.330. The van der Waals surface area contributed by atoms with E-state index < -0.39 is 0 Å². The van der Waals surface area contributed by atoms with Crippen LogP contribution < -0.4 is 5.32 Å². The number of hydrogen-bond acceptors (Lipinski definition) is 2. The first-order valence-corrected chi connectivity index (χ1v) is 8.06. The topological polar surface area (TPSA) is 24.9 Å². The molecule has 1 aliphatic rings. The van der Waals surface area contributed by atoms with Gasteiger partial charge in [0.05, 0.1) is 0 Å². The van der Waals surface area contributed by atoms with Crippen LogP contribution in [-0.4, -0.2) is 18.1 Å². The lowest BCUT2D eigenvalue weighted by Crippen LogP contribution is -2.28. The maximum atomic E-state index is 4.13. The van der Waals surface area contributed by atoms with Gasteiger partial charge in [-0.2, -0.15) is 0 Å². The highest BCUT2D eigenvalue weighted by Crippen LogP contribution is 2.31. The van der Waals surface area contributed by atoms with Gasteiger partial charge >= 0.3 is 0 Å². The van der Waals surface area contributed by atoms with Crippen LogP contribution in [0, 0.1) is 5.92 Å². The van der Waals surface area contributed by atoms with Crippen LogP contribution in [0.4, 0.5) is 0 Å². The zero-order valence-electron chi connectivity index (χ0n) is 12.5. The van der Waals surface area contributed by atoms with E-state index in [9.17, 15) is 0 Å². The first-order chi connectivity index (χ1) is 10.4. The van der Waals surface area contributed by atoms with Crippen molar-refractivity contribution in [1.82, 2.24) is 10.3 Å². The largest absolute Gasteiger partial charge is 0.317 e. The van der Waals surface area contributed by atoms with Crippen LogP contribution in [-0.2, 0) is 6.42 Å². The summed E-state index contributed by atoms with van der Waals surface area (Å²) in [6.07, 6.45) is 8.87. The maximum absolute atomic E-state index is 4.13. The molecule has 1 aliphatic heterocycles. The first kappa shape index (κ1) is 14.3. The van der Waals surface area contributed by atoms with Gasteiger partial charge in [0, 0.05) is 12.4 Å². The minimum absolute atomic E-state index is 0.622. The molecule has 0 bridgehead atoms. The molecule has 2 heterocycles. The molecule has 1 aromatic carbocycles. The standard InChI is InChI=1S/C19H24N2/c1-2-4-18(5-3-1)19(14-16-6-10-20-11-7-16)15-17-8-12-21-13-9-17/h1-7,10-11,17,19,21H,8-9,12-15H2. The Morgan fingerprint density at radius 1 is 1.00 bits per heavy atom. The summed E-state index contributed by atoms with van der Waals surface area (Å²) in [5, 5.41) is 3.47. The highest BCUT2D eigenvalue weighted by Gasteiger charge is 2.20. The van der Waals surface area contributed by atoms with Gasteiger partial charge in [0.25, 0.3) is 0 Å². The molecule has 3 rings (SSSR count). The van der Waals surface area contributed by atoms with Gasteiger partial charge in [-0.1, -0.05) is 30.3 Å². The second kappa shape index (κ2) is 7.37. The summed E-state index contributed by atoms with van der Waals surface area (Å²) in [6.45, 7) is 2.36. The van der Waals surface area contributed by atoms with Gasteiger partial charge in [-0.05, 0) is 73.9 Å². The Morgan fingerprint density at radius 2 is 1.71 bits per heavy atom. The Morgan fingerprint density at radius 3 is 2.43 bits per heavy atom. The molecule has 1 N–H and O–H groups in total. The Kier molecular flexibility index (Phi) is 5.01. The first-order valence-electron chi connectivity index (χ1n) is 8.06. The number of nitrogens with zero attached hydrogens (tertiary/aromatic N) is 1. The number of piperidine rings is 1. The minimum Gasteiger partial charge on any atom is -0.317 e. The van der Waals surface area contributed by atoms with Crippen LogP contribution in [0.1, 0.15) is 36.3 Å². The number of pyridine rings is 1. The van der Waals surface area contributed by atoms with E-state index in [1.165, 1.54) is 43.5 Å². The summed E-state index contributed by atoms with van der Waals surface area (Å²) in [4.78, 5) is 4.13. The molecule has 1 fully saturated rings. The van der Waals surface area contributed by atoms with Crippen molar-refractivity contribution in [2.75, 3.05) is 13.1 Å². The highest BCUT2D eigenvalue weighted by molar-refractivity contribution is 5.23. The highest BCUT2D eigenvalue weighted by atomic mass is 14.9. The molecule has 21 heavy (non-hydrogen) atoms. The molecule has 2 nitrogen and oxygen atoms in total. The van der Waals surface area contributed by atoms with Gasteiger partial charge in [0.15, 0.2) is 0 Å². The zero-order valence-corrected chi connectivity index (χ0v) is 12.5. The van der Waals surface area contributed by atoms with Crippen molar-refractivity contribution in [2.24, 2.45) is 5.92 Å². The predicted molar refractivity (Wildman–Crippen MR) is 87.3 cm³/mol. The van der Waals surface area contributed by atoms with Gasteiger partial charge < -0.3 is 5.32 Å². The van der Waals surface area contributed by atoms with E-state index >= 15 is 0 Å². The molecule has 2 heteroatoms. The molecular weight excluding hydrogens is 256 g/mol. The second-order valence-corrected chi connectivity index (χ2v) is 6.10. The fourth-order valence-electron chi connectivity index (χ4n) is 3.39. The van der Waals surface area contributed by atoms with E-state index in [2.05, 4.69) is 52.8 Å². The van der Waals surface area contributed by atoms with Crippen LogP contribution in [0.15, 0.2) is 54.9 Å². The Balaban J connectivity index is 1.74. The summed E-state index contributed by atoms with van der Waals surface area (Å²) in [7, 11) is 0. The van der Waals surface area contributed by atoms with E-state index in [0.29, 0.717) is 5.92 Å². The molecular formula is C19H24N2. The molecule has 1 atom stereocenters. The normalized spacial score (nSPS) is 17.5. The van der Waals surface area contributed by atoms with Crippen molar-refractivity contribution in [3.63, 3.8) is 0 Å². The van der Waals surface area contributed by atoms with Gasteiger partial charge in [-0.3, -0.25) is 4.98 Å². The predicted octanol–water partition coefficient (Wildman–Crippen LogP) is 3.80. The molecule has 2 aromatic rings. The van der Waals surface area contributed by atoms with Crippen molar-refractivity contribution in [2.45, 2.75) is 31.6 Å². The minimum atomic E-state index is 0.622. The number of hydrogen-bond donors (Lipinski definition) is 1. The smallest absolute Gasteiger partial charge is 0.0270 e. The molecule has 0 aliphatic carbocycles. The average Bonchev–Trinajstić information content (AvgIpc) is 2.57. The molecule has 0 amide bonds. The van der Waals surface area contributed by atoms with E-state index in [0.717, 1.165) is 12.3 Å². The van der Waals surface area contributed by atoms with Gasteiger partial charge in [-0.15, -0.1) is 0 Å². The second-order valence-electron chi connectivity index (χ2n) is 6.10. The molecule has 1 saturated heterocycles. The van der Waals surface area contributed by atoms with Gasteiger partial charge in [0.2, 0.25) is 0 Å². The summed E-state index contributed by atoms with van der Waals surface area (Å²) in [6, 6.07) is 15.3. The average molecular weight is 280 g/mol. The van der Waals surface area contributed by atoms with Crippen LogP contribution in [0.5, 0.6) is 0 Å². The fraction of sp³-hybridized carbons (Fsp3) is 0.421. The summed E-state index contributed by atoms with van der Waals surface area (Å²) < 4.78 is 0. The molecule has 0 radical (unpaired) electrons. The van der Waals surface area contributed by atoms with Crippen LogP contribution >= 0.6 is 0 Å². The summed E-state index contributed by atoms with van der Waals surface area (Å²) in [5.41, 5.74) is 2.88. The third-order valence-electron chi connectivity index (χ3n) is 4.58. The van der Waals surface area contributed by atoms with E-state index in [1.807, 2.05) is 12.4 Å². The number of benzene rings is 1. The van der Waals surface area contributed by atoms with E-state index in [-0.39, 0.29) is 0 Å². The van der Waals surface area contributed by atoms with Crippen LogP contribution in [0.3, 0.4) is 0 Å². The lowest BCUT2D eigenvalue weighted by Gasteiger charge is -2.27. The third-order valence-corrected chi connectivity index (χ3v) is 4.58. The van der Waals surface area contributed by atoms with Gasteiger partial charge in [-0.25, -0.2) is 0 Å². The number of aromatic nitrogens is 1. The Bertz CT molecular complexity index is 518. The molecule has 1 unspecified atom stereocenters. The van der Waals surface area contributed by atoms with Gasteiger partial charge in [0.1, 0.15) is 0 Å². The Labute approximate surface area is 127 Å². The van der Waals surface area contributed by atoms with Crippen molar-refractivity contribution in [3.05, 3.63) is 66.0 Å². The quantitative estimate of drug-likeness (QED) is 0.901. The summed E-state index contributed by atoms with van der Waals surface area (Å²) in [5.74, 6) is 1.48. The molecule has 110 valence electrons. The fourth-order valence-corrected chi connectivity index (χ4v) is 3.39. The van der Waals surface area contributed by atoms with Crippen molar-refractivity contribution < 1.29 is 0 Å². The van der Waals surface area contributed by atoms with Crippen molar-refractivity contribution in [3.8, 4) is 0 Å².